The van der Waals surface area contributed by atoms with Crippen LogP contribution in [0.2, 0.25) is 5.02 Å². The van der Waals surface area contributed by atoms with Crippen LogP contribution in [0.3, 0.4) is 0 Å². The molecule has 1 saturated heterocycles. The lowest BCUT2D eigenvalue weighted by Gasteiger charge is -2.22. The van der Waals surface area contributed by atoms with Crippen LogP contribution >= 0.6 is 11.6 Å². The summed E-state index contributed by atoms with van der Waals surface area (Å²) in [7, 11) is 0. The molecule has 1 amide bonds. The minimum Gasteiger partial charge on any atom is -0.387 e. The molecule has 1 atom stereocenters. The Labute approximate surface area is 112 Å². The van der Waals surface area contributed by atoms with Crippen molar-refractivity contribution in [2.45, 2.75) is 12.5 Å². The van der Waals surface area contributed by atoms with E-state index >= 15 is 0 Å². The van der Waals surface area contributed by atoms with Crippen LogP contribution in [0.15, 0.2) is 24.3 Å². The van der Waals surface area contributed by atoms with Crippen molar-refractivity contribution in [3.8, 4) is 0 Å². The number of hydrogen-bond acceptors (Lipinski definition) is 3. The van der Waals surface area contributed by atoms with Crippen LogP contribution < -0.4 is 5.32 Å². The molecule has 0 aliphatic carbocycles. The van der Waals surface area contributed by atoms with E-state index in [2.05, 4.69) is 10.2 Å². The number of hydrogen-bond donors (Lipinski definition) is 2. The molecule has 98 valence electrons. The fraction of sp³-hybridized carbons (Fsp3) is 0.462. The topological polar surface area (TPSA) is 52.6 Å². The molecule has 0 saturated carbocycles. The molecule has 1 aliphatic heterocycles. The molecule has 5 heteroatoms. The molecule has 2 N–H and O–H groups in total. The Morgan fingerprint density at radius 1 is 1.33 bits per heavy atom. The van der Waals surface area contributed by atoms with E-state index in [0.29, 0.717) is 31.1 Å². The summed E-state index contributed by atoms with van der Waals surface area (Å²) < 4.78 is 0. The third kappa shape index (κ3) is 3.70. The van der Waals surface area contributed by atoms with Crippen molar-refractivity contribution >= 4 is 17.5 Å². The largest absolute Gasteiger partial charge is 0.387 e. The number of halogens is 1. The molecule has 4 nitrogen and oxygen atoms in total. The minimum atomic E-state index is -0.546. The van der Waals surface area contributed by atoms with Crippen LogP contribution in [0.25, 0.3) is 0 Å². The number of aliphatic hydroxyl groups is 1. The van der Waals surface area contributed by atoms with Gasteiger partial charge in [0.2, 0.25) is 5.91 Å². The molecule has 0 spiro atoms. The Hall–Kier alpha value is -1.10. The van der Waals surface area contributed by atoms with Gasteiger partial charge in [0.25, 0.3) is 0 Å². The summed E-state index contributed by atoms with van der Waals surface area (Å²) in [5.74, 6) is 0.0819. The summed E-state index contributed by atoms with van der Waals surface area (Å²) in [6.07, 6.45) is -0.0525. The second-order valence-electron chi connectivity index (χ2n) is 4.47. The molecule has 0 bridgehead atoms. The van der Waals surface area contributed by atoms with E-state index in [9.17, 15) is 9.90 Å². The highest BCUT2D eigenvalue weighted by molar-refractivity contribution is 6.30. The Bertz CT molecular complexity index is 408. The van der Waals surface area contributed by atoms with E-state index in [1.54, 1.807) is 12.1 Å². The molecular formula is C13H17ClN2O2. The Morgan fingerprint density at radius 3 is 2.78 bits per heavy atom. The van der Waals surface area contributed by atoms with Crippen LogP contribution in [0.5, 0.6) is 0 Å². The Kier molecular flexibility index (Phi) is 4.58. The van der Waals surface area contributed by atoms with Gasteiger partial charge in [-0.25, -0.2) is 0 Å². The van der Waals surface area contributed by atoms with Crippen LogP contribution in [0, 0.1) is 0 Å². The zero-order valence-corrected chi connectivity index (χ0v) is 10.9. The standard InChI is InChI=1S/C13H17ClN2O2/c14-11-3-1-10(2-4-11)12(17)9-16-7-5-13(18)15-6-8-16/h1-4,12,17H,5-9H2,(H,15,18). The lowest BCUT2D eigenvalue weighted by atomic mass is 10.1. The molecule has 1 aromatic rings. The smallest absolute Gasteiger partial charge is 0.221 e. The monoisotopic (exact) mass is 268 g/mol. The molecule has 1 aliphatic rings. The number of β-amino-alcohol motifs (C(OH)–C–C–N with tert-alkyl or cyclic N) is 1. The lowest BCUT2D eigenvalue weighted by molar-refractivity contribution is -0.120. The predicted octanol–water partition coefficient (Wildman–Crippen LogP) is 1.20. The second kappa shape index (κ2) is 6.18. The van der Waals surface area contributed by atoms with Gasteiger partial charge in [-0.05, 0) is 17.7 Å². The average molecular weight is 269 g/mol. The number of carbonyl (C=O) groups excluding carboxylic acids is 1. The van der Waals surface area contributed by atoms with E-state index in [1.165, 1.54) is 0 Å². The van der Waals surface area contributed by atoms with Crippen LogP contribution in [-0.4, -0.2) is 42.1 Å². The first-order valence-electron chi connectivity index (χ1n) is 6.08. The highest BCUT2D eigenvalue weighted by Gasteiger charge is 2.17. The van der Waals surface area contributed by atoms with Crippen LogP contribution in [0.4, 0.5) is 0 Å². The van der Waals surface area contributed by atoms with Gasteiger partial charge in [-0.3, -0.25) is 9.69 Å². The van der Waals surface area contributed by atoms with E-state index in [0.717, 1.165) is 12.1 Å². The Morgan fingerprint density at radius 2 is 2.06 bits per heavy atom. The van der Waals surface area contributed by atoms with Gasteiger partial charge in [-0.15, -0.1) is 0 Å². The predicted molar refractivity (Wildman–Crippen MR) is 70.5 cm³/mol. The van der Waals surface area contributed by atoms with E-state index in [-0.39, 0.29) is 5.91 Å². The number of nitrogens with one attached hydrogen (secondary N) is 1. The summed E-state index contributed by atoms with van der Waals surface area (Å²) >= 11 is 5.81. The number of nitrogens with zero attached hydrogens (tertiary/aromatic N) is 1. The number of aliphatic hydroxyl groups excluding tert-OH is 1. The summed E-state index contributed by atoms with van der Waals surface area (Å²) in [4.78, 5) is 13.3. The maximum atomic E-state index is 11.2. The molecule has 1 unspecified atom stereocenters. The second-order valence-corrected chi connectivity index (χ2v) is 4.90. The van der Waals surface area contributed by atoms with Gasteiger partial charge in [0, 0.05) is 37.6 Å². The number of benzene rings is 1. The van der Waals surface area contributed by atoms with Crippen molar-refractivity contribution < 1.29 is 9.90 Å². The number of rotatable bonds is 3. The van der Waals surface area contributed by atoms with Gasteiger partial charge in [0.05, 0.1) is 6.10 Å². The highest BCUT2D eigenvalue weighted by Crippen LogP contribution is 2.17. The van der Waals surface area contributed by atoms with Crippen molar-refractivity contribution in [2.24, 2.45) is 0 Å². The third-order valence-electron chi connectivity index (χ3n) is 3.09. The van der Waals surface area contributed by atoms with Crippen molar-refractivity contribution in [3.05, 3.63) is 34.9 Å². The van der Waals surface area contributed by atoms with Crippen LogP contribution in [0.1, 0.15) is 18.1 Å². The molecule has 2 rings (SSSR count). The molecule has 1 heterocycles. The maximum absolute atomic E-state index is 11.2. The quantitative estimate of drug-likeness (QED) is 0.866. The third-order valence-corrected chi connectivity index (χ3v) is 3.34. The summed E-state index contributed by atoms with van der Waals surface area (Å²) in [5.41, 5.74) is 0.850. The van der Waals surface area contributed by atoms with Crippen molar-refractivity contribution in [1.82, 2.24) is 10.2 Å². The van der Waals surface area contributed by atoms with Gasteiger partial charge in [0.15, 0.2) is 0 Å². The molecule has 1 aromatic carbocycles. The van der Waals surface area contributed by atoms with Crippen LogP contribution in [-0.2, 0) is 4.79 Å². The van der Waals surface area contributed by atoms with Gasteiger partial charge in [-0.2, -0.15) is 0 Å². The highest BCUT2D eigenvalue weighted by atomic mass is 35.5. The summed E-state index contributed by atoms with van der Waals surface area (Å²) in [6.45, 7) is 2.65. The van der Waals surface area contributed by atoms with Gasteiger partial charge in [-0.1, -0.05) is 23.7 Å². The summed E-state index contributed by atoms with van der Waals surface area (Å²) in [5, 5.41) is 13.6. The van der Waals surface area contributed by atoms with E-state index in [4.69, 9.17) is 11.6 Å². The first-order chi connectivity index (χ1) is 8.65. The molecular weight excluding hydrogens is 252 g/mol. The zero-order chi connectivity index (χ0) is 13.0. The van der Waals surface area contributed by atoms with E-state index < -0.39 is 6.10 Å². The van der Waals surface area contributed by atoms with E-state index in [1.807, 2.05) is 12.1 Å². The van der Waals surface area contributed by atoms with Gasteiger partial charge in [0.1, 0.15) is 0 Å². The molecule has 0 aromatic heterocycles. The lowest BCUT2D eigenvalue weighted by Crippen LogP contribution is -2.32. The molecule has 1 fully saturated rings. The fourth-order valence-electron chi connectivity index (χ4n) is 2.03. The normalized spacial score (nSPS) is 19.1. The van der Waals surface area contributed by atoms with Gasteiger partial charge >= 0.3 is 0 Å². The average Bonchev–Trinajstić information content (AvgIpc) is 2.55. The first-order valence-corrected chi connectivity index (χ1v) is 6.45. The van der Waals surface area contributed by atoms with Crippen molar-refractivity contribution in [3.63, 3.8) is 0 Å². The minimum absolute atomic E-state index is 0.0819. The van der Waals surface area contributed by atoms with Gasteiger partial charge < -0.3 is 10.4 Å². The van der Waals surface area contributed by atoms with Crippen molar-refractivity contribution in [1.29, 1.82) is 0 Å². The Balaban J connectivity index is 1.92. The zero-order valence-electron chi connectivity index (χ0n) is 10.1. The molecule has 0 radical (unpaired) electrons. The number of carbonyl (C=O) groups is 1. The SMILES string of the molecule is O=C1CCN(CC(O)c2ccc(Cl)cc2)CCN1. The first kappa shape index (κ1) is 13.3. The summed E-state index contributed by atoms with van der Waals surface area (Å²) in [6, 6.07) is 7.20. The maximum Gasteiger partial charge on any atom is 0.221 e. The van der Waals surface area contributed by atoms with Crippen molar-refractivity contribution in [2.75, 3.05) is 26.2 Å². The molecule has 18 heavy (non-hydrogen) atoms. The number of amides is 1. The fourth-order valence-corrected chi connectivity index (χ4v) is 2.16.